The molecule has 3 amide bonds. The Morgan fingerprint density at radius 2 is 1.73 bits per heavy atom. The minimum atomic E-state index is -0.813. The second kappa shape index (κ2) is 9.67. The van der Waals surface area contributed by atoms with E-state index in [4.69, 9.17) is 4.74 Å². The zero-order valence-electron chi connectivity index (χ0n) is 18.1. The van der Waals surface area contributed by atoms with E-state index >= 15 is 0 Å². The zero-order valence-corrected chi connectivity index (χ0v) is 18.1. The number of hydrogen-bond acceptors (Lipinski definition) is 4. The molecule has 4 fully saturated rings. The van der Waals surface area contributed by atoms with Crippen LogP contribution in [0.1, 0.15) is 89.9 Å². The summed E-state index contributed by atoms with van der Waals surface area (Å²) >= 11 is 0. The summed E-state index contributed by atoms with van der Waals surface area (Å²) in [4.78, 5) is 41.0. The number of carbonyl (C=O) groups excluding carboxylic acids is 3. The van der Waals surface area contributed by atoms with Crippen LogP contribution in [0.3, 0.4) is 0 Å². The van der Waals surface area contributed by atoms with Gasteiger partial charge in [0.15, 0.2) is 0 Å². The molecule has 2 atom stereocenters. The lowest BCUT2D eigenvalue weighted by Gasteiger charge is -2.47. The fourth-order valence-electron chi connectivity index (χ4n) is 5.78. The molecule has 7 nitrogen and oxygen atoms in total. The first-order chi connectivity index (χ1) is 14.6. The molecule has 0 aromatic heterocycles. The van der Waals surface area contributed by atoms with E-state index in [1.807, 2.05) is 4.90 Å². The van der Waals surface area contributed by atoms with E-state index in [1.54, 1.807) is 0 Å². The number of nitrogens with zero attached hydrogens (tertiary/aromatic N) is 1. The molecule has 168 valence electrons. The monoisotopic (exact) mass is 419 g/mol. The number of hydrogen-bond donors (Lipinski definition) is 2. The van der Waals surface area contributed by atoms with Gasteiger partial charge in [-0.15, -0.1) is 0 Å². The van der Waals surface area contributed by atoms with Crippen LogP contribution in [0.15, 0.2) is 0 Å². The Bertz CT molecular complexity index is 634. The van der Waals surface area contributed by atoms with Gasteiger partial charge in [-0.2, -0.15) is 0 Å². The smallest absolute Gasteiger partial charge is 0.246 e. The van der Waals surface area contributed by atoms with Crippen LogP contribution >= 0.6 is 0 Å². The van der Waals surface area contributed by atoms with Crippen LogP contribution in [0.5, 0.6) is 0 Å². The molecular weight excluding hydrogens is 382 g/mol. The molecule has 2 saturated carbocycles. The van der Waals surface area contributed by atoms with Gasteiger partial charge in [0, 0.05) is 25.6 Å². The molecule has 2 aliphatic carbocycles. The highest BCUT2D eigenvalue weighted by Crippen LogP contribution is 2.37. The van der Waals surface area contributed by atoms with Crippen molar-refractivity contribution in [2.75, 3.05) is 13.2 Å². The van der Waals surface area contributed by atoms with Crippen molar-refractivity contribution in [2.24, 2.45) is 0 Å². The van der Waals surface area contributed by atoms with E-state index in [0.29, 0.717) is 38.8 Å². The lowest BCUT2D eigenvalue weighted by molar-refractivity contribution is -0.154. The molecule has 2 aliphatic heterocycles. The highest BCUT2D eigenvalue weighted by Gasteiger charge is 2.50. The van der Waals surface area contributed by atoms with Crippen molar-refractivity contribution in [1.82, 2.24) is 15.5 Å². The summed E-state index contributed by atoms with van der Waals surface area (Å²) in [5, 5.41) is 6.16. The molecule has 0 spiro atoms. The van der Waals surface area contributed by atoms with Gasteiger partial charge in [0.25, 0.3) is 0 Å². The van der Waals surface area contributed by atoms with E-state index in [2.05, 4.69) is 10.6 Å². The maximum atomic E-state index is 13.8. The zero-order chi connectivity index (χ0) is 21.0. The van der Waals surface area contributed by atoms with E-state index in [0.717, 1.165) is 57.8 Å². The molecule has 0 unspecified atom stereocenters. The largest absolute Gasteiger partial charge is 0.376 e. The highest BCUT2D eigenvalue weighted by molar-refractivity contribution is 5.96. The second-order valence-electron chi connectivity index (χ2n) is 9.64. The molecule has 7 heteroatoms. The number of amides is 3. The van der Waals surface area contributed by atoms with Crippen molar-refractivity contribution in [3.8, 4) is 0 Å². The van der Waals surface area contributed by atoms with E-state index < -0.39 is 11.6 Å². The van der Waals surface area contributed by atoms with Gasteiger partial charge < -0.3 is 20.3 Å². The third-order valence-corrected chi connectivity index (χ3v) is 7.53. The third-order valence-electron chi connectivity index (χ3n) is 7.53. The molecule has 0 aromatic carbocycles. The van der Waals surface area contributed by atoms with Crippen molar-refractivity contribution in [2.45, 2.75) is 114 Å². The number of nitrogens with one attached hydrogen (secondary N) is 2. The minimum Gasteiger partial charge on any atom is -0.376 e. The number of rotatable bonds is 6. The van der Waals surface area contributed by atoms with Crippen LogP contribution in [0.25, 0.3) is 0 Å². The first-order valence-electron chi connectivity index (χ1n) is 12.1. The van der Waals surface area contributed by atoms with Gasteiger partial charge in [-0.05, 0) is 44.9 Å². The predicted octanol–water partition coefficient (Wildman–Crippen LogP) is 2.42. The molecule has 0 aromatic rings. The molecule has 2 heterocycles. The molecular formula is C23H37N3O4. The highest BCUT2D eigenvalue weighted by atomic mass is 16.5. The van der Waals surface area contributed by atoms with Crippen molar-refractivity contribution in [3.05, 3.63) is 0 Å². The van der Waals surface area contributed by atoms with Crippen molar-refractivity contribution in [3.63, 3.8) is 0 Å². The summed E-state index contributed by atoms with van der Waals surface area (Å²) in [6.07, 6.45) is 12.8. The minimum absolute atomic E-state index is 0.0183. The number of carbonyl (C=O) groups is 3. The second-order valence-corrected chi connectivity index (χ2v) is 9.64. The van der Waals surface area contributed by atoms with E-state index in [-0.39, 0.29) is 29.9 Å². The first kappa shape index (κ1) is 21.6. The van der Waals surface area contributed by atoms with E-state index in [9.17, 15) is 14.4 Å². The van der Waals surface area contributed by atoms with Crippen LogP contribution in [0.4, 0.5) is 0 Å². The Balaban J connectivity index is 1.58. The van der Waals surface area contributed by atoms with Gasteiger partial charge in [-0.1, -0.05) is 38.5 Å². The predicted molar refractivity (Wildman–Crippen MR) is 113 cm³/mol. The Kier molecular flexibility index (Phi) is 6.96. The molecule has 4 rings (SSSR count). The average Bonchev–Trinajstić information content (AvgIpc) is 3.44. The van der Waals surface area contributed by atoms with E-state index in [1.165, 1.54) is 6.42 Å². The normalized spacial score (nSPS) is 29.4. The number of ether oxygens (including phenoxy) is 1. The summed E-state index contributed by atoms with van der Waals surface area (Å²) in [6, 6.07) is -0.295. The Hall–Kier alpha value is -1.63. The summed E-state index contributed by atoms with van der Waals surface area (Å²) in [6.45, 7) is 1.16. The van der Waals surface area contributed by atoms with Gasteiger partial charge in [0.05, 0.1) is 6.10 Å². The fraction of sp³-hybridized carbons (Fsp3) is 0.870. The fourth-order valence-corrected chi connectivity index (χ4v) is 5.78. The topological polar surface area (TPSA) is 87.7 Å². The first-order valence-corrected chi connectivity index (χ1v) is 12.1. The van der Waals surface area contributed by atoms with Crippen LogP contribution in [-0.4, -0.2) is 59.5 Å². The summed E-state index contributed by atoms with van der Waals surface area (Å²) in [5.74, 6) is -0.156. The van der Waals surface area contributed by atoms with Crippen LogP contribution in [-0.2, 0) is 19.1 Å². The quantitative estimate of drug-likeness (QED) is 0.692. The lowest BCUT2D eigenvalue weighted by Crippen LogP contribution is -2.66. The Morgan fingerprint density at radius 1 is 1.00 bits per heavy atom. The summed E-state index contributed by atoms with van der Waals surface area (Å²) in [5.41, 5.74) is -0.813. The van der Waals surface area contributed by atoms with Crippen molar-refractivity contribution < 1.29 is 19.1 Å². The standard InChI is InChI=1S/C23H37N3O4/c27-20-12-11-19(25-20)21(28)26(16-18-10-7-15-30-18)23(13-5-2-6-14-23)22(29)24-17-8-3-1-4-9-17/h17-19H,1-16H2,(H,24,29)(H,25,27)/t18-,19+/m1/s1. The summed E-state index contributed by atoms with van der Waals surface area (Å²) < 4.78 is 5.87. The molecule has 2 saturated heterocycles. The average molecular weight is 420 g/mol. The molecule has 30 heavy (non-hydrogen) atoms. The van der Waals surface area contributed by atoms with Gasteiger partial charge in [-0.3, -0.25) is 14.4 Å². The SMILES string of the molecule is O=C1CC[C@@H](C(=O)N(C[C@H]2CCCO2)C2(C(=O)NC3CCCCC3)CCCCC2)N1. The van der Waals surface area contributed by atoms with Gasteiger partial charge in [0.2, 0.25) is 17.7 Å². The van der Waals surface area contributed by atoms with Crippen LogP contribution < -0.4 is 10.6 Å². The van der Waals surface area contributed by atoms with Crippen molar-refractivity contribution >= 4 is 17.7 Å². The van der Waals surface area contributed by atoms with Crippen LogP contribution in [0, 0.1) is 0 Å². The molecule has 4 aliphatic rings. The van der Waals surface area contributed by atoms with Crippen molar-refractivity contribution in [1.29, 1.82) is 0 Å². The Morgan fingerprint density at radius 3 is 2.37 bits per heavy atom. The van der Waals surface area contributed by atoms with Gasteiger partial charge >= 0.3 is 0 Å². The maximum Gasteiger partial charge on any atom is 0.246 e. The molecule has 2 N–H and O–H groups in total. The van der Waals surface area contributed by atoms with Gasteiger partial charge in [0.1, 0.15) is 11.6 Å². The maximum absolute atomic E-state index is 13.8. The summed E-state index contributed by atoms with van der Waals surface area (Å²) in [7, 11) is 0. The Labute approximate surface area is 179 Å². The third kappa shape index (κ3) is 4.66. The molecule has 0 bridgehead atoms. The lowest BCUT2D eigenvalue weighted by atomic mass is 9.78. The van der Waals surface area contributed by atoms with Gasteiger partial charge in [-0.25, -0.2) is 0 Å². The molecule has 0 radical (unpaired) electrons. The van der Waals surface area contributed by atoms with Crippen LogP contribution in [0.2, 0.25) is 0 Å².